The maximum Gasteiger partial charge on any atom is 0.317 e. The van der Waals surface area contributed by atoms with E-state index in [1.165, 1.54) is 0 Å². The molecule has 0 spiro atoms. The molecule has 3 rings (SSSR count). The monoisotopic (exact) mass is 331 g/mol. The largest absolute Gasteiger partial charge is 0.381 e. The molecule has 2 heterocycles. The fourth-order valence-corrected chi connectivity index (χ4v) is 3.46. The molecule has 24 heavy (non-hydrogen) atoms. The Morgan fingerprint density at radius 3 is 2.38 bits per heavy atom. The van der Waals surface area contributed by atoms with E-state index in [2.05, 4.69) is 5.32 Å². The number of urea groups is 1. The number of hydrogen-bond acceptors (Lipinski definition) is 3. The molecule has 130 valence electrons. The van der Waals surface area contributed by atoms with E-state index < -0.39 is 5.60 Å². The highest BCUT2D eigenvalue weighted by molar-refractivity contribution is 5.75. The van der Waals surface area contributed by atoms with Crippen LogP contribution in [0, 0.1) is 5.92 Å². The summed E-state index contributed by atoms with van der Waals surface area (Å²) in [7, 11) is 0. The summed E-state index contributed by atoms with van der Waals surface area (Å²) in [6, 6.07) is 9.35. The summed E-state index contributed by atoms with van der Waals surface area (Å²) in [6.07, 6.45) is 1.85. The third kappa shape index (κ3) is 3.53. The van der Waals surface area contributed by atoms with Crippen molar-refractivity contribution < 1.29 is 14.7 Å². The van der Waals surface area contributed by atoms with Crippen molar-refractivity contribution in [2.75, 3.05) is 32.7 Å². The minimum Gasteiger partial charge on any atom is -0.381 e. The highest BCUT2D eigenvalue weighted by Gasteiger charge is 2.44. The molecule has 1 aromatic rings. The van der Waals surface area contributed by atoms with Gasteiger partial charge < -0.3 is 20.2 Å². The molecule has 2 fully saturated rings. The van der Waals surface area contributed by atoms with Crippen LogP contribution in [0.3, 0.4) is 0 Å². The van der Waals surface area contributed by atoms with E-state index in [0.29, 0.717) is 25.6 Å². The summed E-state index contributed by atoms with van der Waals surface area (Å²) in [5.74, 6) is 0.539. The van der Waals surface area contributed by atoms with Crippen molar-refractivity contribution in [3.8, 4) is 0 Å². The Morgan fingerprint density at radius 2 is 1.79 bits per heavy atom. The number of aliphatic hydroxyl groups is 1. The number of benzene rings is 1. The van der Waals surface area contributed by atoms with Crippen LogP contribution in [0.5, 0.6) is 0 Å². The number of β-amino-alcohol motifs (C(OH)–C–C–N with tert-alkyl or cyclic N) is 1. The van der Waals surface area contributed by atoms with Crippen LogP contribution >= 0.6 is 0 Å². The van der Waals surface area contributed by atoms with Crippen molar-refractivity contribution in [1.82, 2.24) is 15.1 Å². The molecule has 0 radical (unpaired) electrons. The van der Waals surface area contributed by atoms with Crippen molar-refractivity contribution >= 4 is 11.9 Å². The minimum atomic E-state index is -0.925. The molecule has 2 N–H and O–H groups in total. The second-order valence-corrected chi connectivity index (χ2v) is 6.89. The van der Waals surface area contributed by atoms with Gasteiger partial charge in [0.05, 0.1) is 13.1 Å². The summed E-state index contributed by atoms with van der Waals surface area (Å²) in [5, 5.41) is 13.5. The molecule has 0 aromatic heterocycles. The fraction of sp³-hybridized carbons (Fsp3) is 0.556. The zero-order valence-corrected chi connectivity index (χ0v) is 14.1. The van der Waals surface area contributed by atoms with Gasteiger partial charge in [-0.2, -0.15) is 0 Å². The van der Waals surface area contributed by atoms with Crippen LogP contribution in [0.15, 0.2) is 30.3 Å². The molecule has 6 nitrogen and oxygen atoms in total. The lowest BCUT2D eigenvalue weighted by molar-refractivity contribution is -0.130. The average molecular weight is 331 g/mol. The second-order valence-electron chi connectivity index (χ2n) is 6.89. The number of carbonyl (C=O) groups excluding carboxylic acids is 2. The Labute approximate surface area is 142 Å². The van der Waals surface area contributed by atoms with E-state index in [1.54, 1.807) is 11.8 Å². The Kier molecular flexibility index (Phi) is 4.76. The first-order valence-electron chi connectivity index (χ1n) is 8.54. The number of amides is 3. The molecule has 2 saturated heterocycles. The van der Waals surface area contributed by atoms with Crippen LogP contribution in [0.1, 0.15) is 25.3 Å². The SMILES string of the molecule is CC(=O)N1CCC(CNC(=O)N2CC(O)(c3ccccc3)C2)CC1. The van der Waals surface area contributed by atoms with E-state index >= 15 is 0 Å². The van der Waals surface area contributed by atoms with Gasteiger partial charge in [0.25, 0.3) is 0 Å². The van der Waals surface area contributed by atoms with Crippen LogP contribution in [0.2, 0.25) is 0 Å². The molecule has 6 heteroatoms. The van der Waals surface area contributed by atoms with Crippen LogP contribution in [-0.4, -0.2) is 59.6 Å². The Morgan fingerprint density at radius 1 is 1.17 bits per heavy atom. The van der Waals surface area contributed by atoms with Crippen molar-refractivity contribution in [2.45, 2.75) is 25.4 Å². The third-order valence-corrected chi connectivity index (χ3v) is 5.11. The van der Waals surface area contributed by atoms with Gasteiger partial charge in [-0.3, -0.25) is 4.79 Å². The van der Waals surface area contributed by atoms with Gasteiger partial charge in [0, 0.05) is 26.6 Å². The molecular weight excluding hydrogens is 306 g/mol. The smallest absolute Gasteiger partial charge is 0.317 e. The summed E-state index contributed by atoms with van der Waals surface area (Å²) >= 11 is 0. The highest BCUT2D eigenvalue weighted by atomic mass is 16.3. The molecule has 0 aliphatic carbocycles. The lowest BCUT2D eigenvalue weighted by Gasteiger charge is -2.46. The topological polar surface area (TPSA) is 72.9 Å². The molecule has 0 atom stereocenters. The summed E-state index contributed by atoms with van der Waals surface area (Å²) < 4.78 is 0. The van der Waals surface area contributed by atoms with Crippen molar-refractivity contribution in [3.63, 3.8) is 0 Å². The van der Waals surface area contributed by atoms with Crippen LogP contribution in [-0.2, 0) is 10.4 Å². The number of rotatable bonds is 3. The number of piperidine rings is 1. The zero-order valence-electron chi connectivity index (χ0n) is 14.1. The fourth-order valence-electron chi connectivity index (χ4n) is 3.46. The lowest BCUT2D eigenvalue weighted by Crippen LogP contribution is -2.63. The van der Waals surface area contributed by atoms with Gasteiger partial charge in [0.1, 0.15) is 5.60 Å². The quantitative estimate of drug-likeness (QED) is 0.873. The van der Waals surface area contributed by atoms with Gasteiger partial charge in [-0.1, -0.05) is 30.3 Å². The van der Waals surface area contributed by atoms with Crippen molar-refractivity contribution in [2.24, 2.45) is 5.92 Å². The maximum absolute atomic E-state index is 12.2. The van der Waals surface area contributed by atoms with Gasteiger partial charge >= 0.3 is 6.03 Å². The maximum atomic E-state index is 12.2. The number of carbonyl (C=O) groups is 2. The average Bonchev–Trinajstić information content (AvgIpc) is 2.58. The van der Waals surface area contributed by atoms with E-state index in [-0.39, 0.29) is 11.9 Å². The number of likely N-dealkylation sites (tertiary alicyclic amines) is 2. The lowest BCUT2D eigenvalue weighted by atomic mass is 9.86. The summed E-state index contributed by atoms with van der Waals surface area (Å²) in [4.78, 5) is 27.0. The first-order valence-corrected chi connectivity index (χ1v) is 8.54. The van der Waals surface area contributed by atoms with Gasteiger partial charge in [0.15, 0.2) is 0 Å². The number of nitrogens with one attached hydrogen (secondary N) is 1. The molecule has 2 aliphatic heterocycles. The summed E-state index contributed by atoms with van der Waals surface area (Å²) in [6.45, 7) is 4.42. The van der Waals surface area contributed by atoms with Gasteiger partial charge in [-0.15, -0.1) is 0 Å². The second kappa shape index (κ2) is 6.81. The van der Waals surface area contributed by atoms with Crippen LogP contribution < -0.4 is 5.32 Å². The van der Waals surface area contributed by atoms with E-state index in [4.69, 9.17) is 0 Å². The Balaban J connectivity index is 1.41. The highest BCUT2D eigenvalue weighted by Crippen LogP contribution is 2.31. The van der Waals surface area contributed by atoms with Gasteiger partial charge in [-0.05, 0) is 24.3 Å². The van der Waals surface area contributed by atoms with Gasteiger partial charge in [-0.25, -0.2) is 4.79 Å². The van der Waals surface area contributed by atoms with E-state index in [1.807, 2.05) is 35.2 Å². The number of nitrogens with zero attached hydrogens (tertiary/aromatic N) is 2. The minimum absolute atomic E-state index is 0.121. The van der Waals surface area contributed by atoms with E-state index in [0.717, 1.165) is 31.5 Å². The summed E-state index contributed by atoms with van der Waals surface area (Å²) in [5.41, 5.74) is -0.0727. The molecule has 2 aliphatic rings. The molecule has 0 unspecified atom stereocenters. The predicted octanol–water partition coefficient (Wildman–Crippen LogP) is 1.16. The van der Waals surface area contributed by atoms with E-state index in [9.17, 15) is 14.7 Å². The first kappa shape index (κ1) is 16.8. The predicted molar refractivity (Wildman–Crippen MR) is 90.3 cm³/mol. The molecule has 1 aromatic carbocycles. The molecule has 3 amide bonds. The first-order chi connectivity index (χ1) is 11.5. The normalized spacial score (nSPS) is 20.4. The Hall–Kier alpha value is -2.08. The van der Waals surface area contributed by atoms with Gasteiger partial charge in [0.2, 0.25) is 5.91 Å². The Bertz CT molecular complexity index is 591. The molecule has 0 bridgehead atoms. The third-order valence-electron chi connectivity index (χ3n) is 5.11. The van der Waals surface area contributed by atoms with Crippen LogP contribution in [0.25, 0.3) is 0 Å². The standard InChI is InChI=1S/C18H25N3O3/c1-14(22)20-9-7-15(8-10-20)11-19-17(23)21-12-18(24,13-21)16-5-3-2-4-6-16/h2-6,15,24H,7-13H2,1H3,(H,19,23). The zero-order chi connectivity index (χ0) is 17.2. The van der Waals surface area contributed by atoms with Crippen molar-refractivity contribution in [3.05, 3.63) is 35.9 Å². The van der Waals surface area contributed by atoms with Crippen LogP contribution in [0.4, 0.5) is 4.79 Å². The van der Waals surface area contributed by atoms with Crippen molar-refractivity contribution in [1.29, 1.82) is 0 Å². The number of hydrogen-bond donors (Lipinski definition) is 2. The molecule has 0 saturated carbocycles. The molecular formula is C18H25N3O3.